The van der Waals surface area contributed by atoms with E-state index < -0.39 is 15.8 Å². The number of nitrogen functional groups attached to an aromatic ring is 1. The molecular formula is C12H19FN2O3S. The number of anilines is 1. The Balaban J connectivity index is 3.22. The summed E-state index contributed by atoms with van der Waals surface area (Å²) in [6.45, 7) is 3.92. The molecule has 0 atom stereocenters. The van der Waals surface area contributed by atoms with Crippen LogP contribution < -0.4 is 5.73 Å². The lowest BCUT2D eigenvalue weighted by molar-refractivity contribution is 0.171. The van der Waals surface area contributed by atoms with Crippen LogP contribution in [-0.4, -0.2) is 39.0 Å². The molecule has 1 rings (SSSR count). The quantitative estimate of drug-likeness (QED) is 0.805. The van der Waals surface area contributed by atoms with Gasteiger partial charge in [-0.15, -0.1) is 0 Å². The number of rotatable bonds is 6. The van der Waals surface area contributed by atoms with Crippen LogP contribution in [0.25, 0.3) is 0 Å². The van der Waals surface area contributed by atoms with Crippen LogP contribution in [0.1, 0.15) is 13.8 Å². The number of hydrogen-bond donors (Lipinski definition) is 1. The zero-order valence-electron chi connectivity index (χ0n) is 11.3. The normalized spacial score (nSPS) is 12.3. The number of benzene rings is 1. The van der Waals surface area contributed by atoms with Crippen molar-refractivity contribution >= 4 is 15.7 Å². The fraction of sp³-hybridized carbons (Fsp3) is 0.500. The fourth-order valence-corrected chi connectivity index (χ4v) is 3.45. The van der Waals surface area contributed by atoms with Crippen molar-refractivity contribution in [2.75, 3.05) is 26.0 Å². The smallest absolute Gasteiger partial charge is 0.245 e. The van der Waals surface area contributed by atoms with Gasteiger partial charge in [-0.3, -0.25) is 0 Å². The lowest BCUT2D eigenvalue weighted by Crippen LogP contribution is -2.39. The summed E-state index contributed by atoms with van der Waals surface area (Å²) >= 11 is 0. The standard InChI is InChI=1S/C12H19FN2O3S/c1-9(2)15(6-7-18-3)19(16,17)12-8-10(13)4-5-11(12)14/h4-5,8-9H,6-7,14H2,1-3H3. The average Bonchev–Trinajstić information content (AvgIpc) is 2.32. The van der Waals surface area contributed by atoms with Gasteiger partial charge < -0.3 is 10.5 Å². The maximum absolute atomic E-state index is 13.2. The zero-order chi connectivity index (χ0) is 14.6. The van der Waals surface area contributed by atoms with Gasteiger partial charge in [0.25, 0.3) is 0 Å². The van der Waals surface area contributed by atoms with E-state index in [0.717, 1.165) is 12.1 Å². The Morgan fingerprint density at radius 1 is 1.42 bits per heavy atom. The van der Waals surface area contributed by atoms with E-state index in [4.69, 9.17) is 10.5 Å². The second-order valence-corrected chi connectivity index (χ2v) is 6.24. The minimum absolute atomic E-state index is 0.0319. The molecule has 0 saturated heterocycles. The number of nitrogens with zero attached hydrogens (tertiary/aromatic N) is 1. The first kappa shape index (κ1) is 15.9. The van der Waals surface area contributed by atoms with Gasteiger partial charge in [-0.05, 0) is 32.0 Å². The van der Waals surface area contributed by atoms with E-state index in [1.165, 1.54) is 17.5 Å². The van der Waals surface area contributed by atoms with Crippen molar-refractivity contribution in [2.24, 2.45) is 0 Å². The second kappa shape index (κ2) is 6.31. The van der Waals surface area contributed by atoms with Crippen LogP contribution in [-0.2, 0) is 14.8 Å². The van der Waals surface area contributed by atoms with Crippen molar-refractivity contribution < 1.29 is 17.5 Å². The molecule has 0 fully saturated rings. The van der Waals surface area contributed by atoms with Crippen LogP contribution >= 0.6 is 0 Å². The van der Waals surface area contributed by atoms with Crippen LogP contribution in [0.5, 0.6) is 0 Å². The molecule has 0 spiro atoms. The van der Waals surface area contributed by atoms with Crippen LogP contribution in [0.2, 0.25) is 0 Å². The molecule has 108 valence electrons. The first-order valence-electron chi connectivity index (χ1n) is 5.86. The van der Waals surface area contributed by atoms with Gasteiger partial charge in [-0.2, -0.15) is 4.31 Å². The Morgan fingerprint density at radius 3 is 2.58 bits per heavy atom. The van der Waals surface area contributed by atoms with Gasteiger partial charge in [-0.1, -0.05) is 0 Å². The number of methoxy groups -OCH3 is 1. The van der Waals surface area contributed by atoms with Crippen molar-refractivity contribution in [3.63, 3.8) is 0 Å². The largest absolute Gasteiger partial charge is 0.398 e. The molecule has 0 heterocycles. The predicted octanol–water partition coefficient (Wildman–Crippen LogP) is 1.45. The summed E-state index contributed by atoms with van der Waals surface area (Å²) in [6, 6.07) is 3.04. The fourth-order valence-electron chi connectivity index (χ4n) is 1.70. The molecule has 0 saturated carbocycles. The van der Waals surface area contributed by atoms with E-state index in [2.05, 4.69) is 0 Å². The molecule has 0 aromatic heterocycles. The molecule has 0 bridgehead atoms. The molecule has 1 aromatic carbocycles. The van der Waals surface area contributed by atoms with Crippen LogP contribution in [0.3, 0.4) is 0 Å². The highest BCUT2D eigenvalue weighted by molar-refractivity contribution is 7.89. The van der Waals surface area contributed by atoms with E-state index >= 15 is 0 Å². The molecule has 0 aliphatic carbocycles. The molecule has 5 nitrogen and oxygen atoms in total. The minimum atomic E-state index is -3.84. The molecule has 0 unspecified atom stereocenters. The molecule has 2 N–H and O–H groups in total. The second-order valence-electron chi connectivity index (χ2n) is 4.38. The Hall–Kier alpha value is -1.18. The molecule has 0 aliphatic rings. The molecule has 7 heteroatoms. The maximum Gasteiger partial charge on any atom is 0.245 e. The summed E-state index contributed by atoms with van der Waals surface area (Å²) in [6.07, 6.45) is 0. The Bertz CT molecular complexity index is 532. The molecule has 19 heavy (non-hydrogen) atoms. The Labute approximate surface area is 113 Å². The number of sulfonamides is 1. The van der Waals surface area contributed by atoms with E-state index in [0.29, 0.717) is 0 Å². The first-order chi connectivity index (χ1) is 8.80. The summed E-state index contributed by atoms with van der Waals surface area (Å²) in [4.78, 5) is -0.211. The predicted molar refractivity (Wildman–Crippen MR) is 71.7 cm³/mol. The van der Waals surface area contributed by atoms with E-state index in [1.54, 1.807) is 13.8 Å². The van der Waals surface area contributed by atoms with Crippen molar-refractivity contribution in [1.82, 2.24) is 4.31 Å². The zero-order valence-corrected chi connectivity index (χ0v) is 12.1. The number of hydrogen-bond acceptors (Lipinski definition) is 4. The Morgan fingerprint density at radius 2 is 2.05 bits per heavy atom. The molecular weight excluding hydrogens is 271 g/mol. The molecule has 0 amide bonds. The SMILES string of the molecule is COCCN(C(C)C)S(=O)(=O)c1cc(F)ccc1N. The molecule has 1 aromatic rings. The van der Waals surface area contributed by atoms with Crippen molar-refractivity contribution in [1.29, 1.82) is 0 Å². The van der Waals surface area contributed by atoms with Crippen LogP contribution in [0, 0.1) is 5.82 Å². The van der Waals surface area contributed by atoms with Gasteiger partial charge in [0.1, 0.15) is 10.7 Å². The molecule has 0 radical (unpaired) electrons. The third-order valence-corrected chi connectivity index (χ3v) is 4.79. The van der Waals surface area contributed by atoms with Crippen molar-refractivity contribution in [2.45, 2.75) is 24.8 Å². The number of ether oxygens (including phenoxy) is 1. The lowest BCUT2D eigenvalue weighted by atomic mass is 10.3. The van der Waals surface area contributed by atoms with Gasteiger partial charge in [0.15, 0.2) is 0 Å². The van der Waals surface area contributed by atoms with Crippen molar-refractivity contribution in [3.05, 3.63) is 24.0 Å². The average molecular weight is 290 g/mol. The van der Waals surface area contributed by atoms with Gasteiger partial charge in [0.05, 0.1) is 12.3 Å². The highest BCUT2D eigenvalue weighted by atomic mass is 32.2. The van der Waals surface area contributed by atoms with Crippen LogP contribution in [0.4, 0.5) is 10.1 Å². The van der Waals surface area contributed by atoms with E-state index in [-0.39, 0.29) is 29.8 Å². The highest BCUT2D eigenvalue weighted by Gasteiger charge is 2.28. The third-order valence-electron chi connectivity index (χ3n) is 2.65. The van der Waals surface area contributed by atoms with Gasteiger partial charge in [0.2, 0.25) is 10.0 Å². The topological polar surface area (TPSA) is 72.6 Å². The highest BCUT2D eigenvalue weighted by Crippen LogP contribution is 2.24. The molecule has 0 aliphatic heterocycles. The third kappa shape index (κ3) is 3.65. The summed E-state index contributed by atoms with van der Waals surface area (Å²) in [7, 11) is -2.35. The van der Waals surface area contributed by atoms with Gasteiger partial charge in [0, 0.05) is 19.7 Å². The van der Waals surface area contributed by atoms with Crippen LogP contribution in [0.15, 0.2) is 23.1 Å². The first-order valence-corrected chi connectivity index (χ1v) is 7.30. The summed E-state index contributed by atoms with van der Waals surface area (Å²) in [5.74, 6) is -0.636. The Kier molecular flexibility index (Phi) is 5.28. The maximum atomic E-state index is 13.2. The monoisotopic (exact) mass is 290 g/mol. The van der Waals surface area contributed by atoms with Crippen molar-refractivity contribution in [3.8, 4) is 0 Å². The minimum Gasteiger partial charge on any atom is -0.398 e. The van der Waals surface area contributed by atoms with E-state index in [9.17, 15) is 12.8 Å². The summed E-state index contributed by atoms with van der Waals surface area (Å²) < 4.78 is 44.3. The number of halogens is 1. The number of nitrogens with two attached hydrogens (primary N) is 1. The lowest BCUT2D eigenvalue weighted by Gasteiger charge is -2.26. The summed E-state index contributed by atoms with van der Waals surface area (Å²) in [5, 5.41) is 0. The summed E-state index contributed by atoms with van der Waals surface area (Å²) in [5.41, 5.74) is 5.67. The van der Waals surface area contributed by atoms with E-state index in [1.807, 2.05) is 0 Å². The van der Waals surface area contributed by atoms with Gasteiger partial charge in [-0.25, -0.2) is 12.8 Å². The van der Waals surface area contributed by atoms with Gasteiger partial charge >= 0.3 is 0 Å².